The summed E-state index contributed by atoms with van der Waals surface area (Å²) in [5.41, 5.74) is 1.52. The molecule has 130 valence electrons. The Balaban J connectivity index is 1.93. The lowest BCUT2D eigenvalue weighted by molar-refractivity contribution is -0.119. The van der Waals surface area contributed by atoms with Crippen LogP contribution in [0.1, 0.15) is 22.8 Å². The molecule has 7 heteroatoms. The minimum atomic E-state index is -0.789. The molecule has 0 aliphatic carbocycles. The van der Waals surface area contributed by atoms with E-state index in [0.29, 0.717) is 16.9 Å². The molecule has 7 nitrogen and oxygen atoms in total. The van der Waals surface area contributed by atoms with Crippen LogP contribution in [0, 0.1) is 6.92 Å². The molecule has 0 aromatic heterocycles. The van der Waals surface area contributed by atoms with Gasteiger partial charge in [0.15, 0.2) is 6.61 Å². The number of hydrogen-bond acceptors (Lipinski definition) is 5. The molecule has 0 saturated carbocycles. The lowest BCUT2D eigenvalue weighted by atomic mass is 10.1. The third kappa shape index (κ3) is 5.07. The van der Waals surface area contributed by atoms with E-state index in [1.54, 1.807) is 43.3 Å². The predicted octanol–water partition coefficient (Wildman–Crippen LogP) is 2.45. The molecule has 0 heterocycles. The number of rotatable bonds is 5. The Morgan fingerprint density at radius 2 is 1.68 bits per heavy atom. The van der Waals surface area contributed by atoms with Gasteiger partial charge in [-0.25, -0.2) is 4.79 Å². The topological polar surface area (TPSA) is 105 Å². The lowest BCUT2D eigenvalue weighted by Crippen LogP contribution is -2.21. The Labute approximate surface area is 144 Å². The average Bonchev–Trinajstić information content (AvgIpc) is 2.55. The Morgan fingerprint density at radius 3 is 2.36 bits per heavy atom. The van der Waals surface area contributed by atoms with Gasteiger partial charge in [0.1, 0.15) is 11.3 Å². The number of para-hydroxylation sites is 1. The number of esters is 1. The number of hydrogen-bond donors (Lipinski definition) is 3. The minimum absolute atomic E-state index is 0.000422. The highest BCUT2D eigenvalue weighted by atomic mass is 16.5. The number of phenolic OH excluding ortho intramolecular Hbond substituents is 1. The summed E-state index contributed by atoms with van der Waals surface area (Å²) in [6, 6.07) is 11.2. The molecule has 0 spiro atoms. The van der Waals surface area contributed by atoms with Crippen molar-refractivity contribution in [1.29, 1.82) is 0 Å². The molecule has 0 saturated heterocycles. The lowest BCUT2D eigenvalue weighted by Gasteiger charge is -2.09. The fraction of sp³-hybridized carbons (Fsp3) is 0.167. The van der Waals surface area contributed by atoms with Crippen LogP contribution in [0.3, 0.4) is 0 Å². The number of nitrogens with one attached hydrogen (secondary N) is 2. The van der Waals surface area contributed by atoms with E-state index in [2.05, 4.69) is 10.6 Å². The standard InChI is InChI=1S/C18H18N2O5/c1-11-5-3-8-15(17(11)23)18(24)25-10-16(22)20-14-7-4-6-13(9-14)19-12(2)21/h3-9,23H,10H2,1-2H3,(H,19,21)(H,20,22). The van der Waals surface area contributed by atoms with E-state index < -0.39 is 18.5 Å². The van der Waals surface area contributed by atoms with Crippen molar-refractivity contribution < 1.29 is 24.2 Å². The number of aryl methyl sites for hydroxylation is 1. The number of benzene rings is 2. The Morgan fingerprint density at radius 1 is 1.04 bits per heavy atom. The fourth-order valence-corrected chi connectivity index (χ4v) is 2.11. The summed E-state index contributed by atoms with van der Waals surface area (Å²) in [4.78, 5) is 34.9. The first-order valence-electron chi connectivity index (χ1n) is 7.50. The van der Waals surface area contributed by atoms with Crippen molar-refractivity contribution in [2.45, 2.75) is 13.8 Å². The molecule has 0 aliphatic rings. The first-order valence-corrected chi connectivity index (χ1v) is 7.50. The molecule has 0 aliphatic heterocycles. The van der Waals surface area contributed by atoms with E-state index in [0.717, 1.165) is 0 Å². The highest BCUT2D eigenvalue weighted by Crippen LogP contribution is 2.22. The monoisotopic (exact) mass is 342 g/mol. The van der Waals surface area contributed by atoms with Crippen molar-refractivity contribution in [3.63, 3.8) is 0 Å². The number of amides is 2. The van der Waals surface area contributed by atoms with Gasteiger partial charge in [-0.2, -0.15) is 0 Å². The summed E-state index contributed by atoms with van der Waals surface area (Å²) in [5.74, 6) is -1.73. The van der Waals surface area contributed by atoms with Crippen LogP contribution in [0.4, 0.5) is 11.4 Å². The Bertz CT molecular complexity index is 817. The van der Waals surface area contributed by atoms with Gasteiger partial charge in [0.05, 0.1) is 0 Å². The molecule has 0 bridgehead atoms. The van der Waals surface area contributed by atoms with Crippen LogP contribution in [-0.4, -0.2) is 29.5 Å². The summed E-state index contributed by atoms with van der Waals surface area (Å²) in [5, 5.41) is 15.0. The highest BCUT2D eigenvalue weighted by molar-refractivity contribution is 5.97. The van der Waals surface area contributed by atoms with Crippen molar-refractivity contribution in [2.24, 2.45) is 0 Å². The van der Waals surface area contributed by atoms with Crippen LogP contribution in [-0.2, 0) is 14.3 Å². The van der Waals surface area contributed by atoms with E-state index in [9.17, 15) is 19.5 Å². The molecule has 0 unspecified atom stereocenters. The zero-order valence-corrected chi connectivity index (χ0v) is 13.8. The average molecular weight is 342 g/mol. The maximum Gasteiger partial charge on any atom is 0.342 e. The molecule has 2 aromatic rings. The number of ether oxygens (including phenoxy) is 1. The normalized spacial score (nSPS) is 10.0. The van der Waals surface area contributed by atoms with Crippen molar-refractivity contribution in [3.8, 4) is 5.75 Å². The zero-order chi connectivity index (χ0) is 18.4. The van der Waals surface area contributed by atoms with E-state index in [4.69, 9.17) is 4.74 Å². The summed E-state index contributed by atoms with van der Waals surface area (Å²) in [6.45, 7) is 2.53. The number of carbonyl (C=O) groups excluding carboxylic acids is 3. The second-order valence-electron chi connectivity index (χ2n) is 5.36. The second-order valence-corrected chi connectivity index (χ2v) is 5.36. The molecule has 0 atom stereocenters. The van der Waals surface area contributed by atoms with E-state index in [1.165, 1.54) is 13.0 Å². The van der Waals surface area contributed by atoms with Crippen molar-refractivity contribution >= 4 is 29.2 Å². The third-order valence-corrected chi connectivity index (χ3v) is 3.26. The van der Waals surface area contributed by atoms with Crippen LogP contribution < -0.4 is 10.6 Å². The van der Waals surface area contributed by atoms with Gasteiger partial charge in [-0.1, -0.05) is 18.2 Å². The molecule has 25 heavy (non-hydrogen) atoms. The van der Waals surface area contributed by atoms with Crippen LogP contribution in [0.25, 0.3) is 0 Å². The highest BCUT2D eigenvalue weighted by Gasteiger charge is 2.15. The molecule has 0 radical (unpaired) electrons. The maximum absolute atomic E-state index is 11.9. The van der Waals surface area contributed by atoms with E-state index in [-0.39, 0.29) is 17.2 Å². The summed E-state index contributed by atoms with van der Waals surface area (Å²) in [6.07, 6.45) is 0. The molecule has 0 fully saturated rings. The first kappa shape index (κ1) is 18.0. The molecule has 3 N–H and O–H groups in total. The van der Waals surface area contributed by atoms with E-state index in [1.807, 2.05) is 0 Å². The third-order valence-electron chi connectivity index (χ3n) is 3.26. The zero-order valence-electron chi connectivity index (χ0n) is 13.8. The number of aromatic hydroxyl groups is 1. The molecular formula is C18H18N2O5. The van der Waals surface area contributed by atoms with Crippen molar-refractivity contribution in [3.05, 3.63) is 53.6 Å². The predicted molar refractivity (Wildman–Crippen MR) is 92.5 cm³/mol. The first-order chi connectivity index (χ1) is 11.9. The van der Waals surface area contributed by atoms with Gasteiger partial charge in [0, 0.05) is 18.3 Å². The largest absolute Gasteiger partial charge is 0.507 e. The summed E-state index contributed by atoms with van der Waals surface area (Å²) in [7, 11) is 0. The van der Waals surface area contributed by atoms with Gasteiger partial charge in [0.25, 0.3) is 5.91 Å². The van der Waals surface area contributed by atoms with Gasteiger partial charge in [-0.05, 0) is 36.8 Å². The second kappa shape index (κ2) is 7.96. The minimum Gasteiger partial charge on any atom is -0.507 e. The SMILES string of the molecule is CC(=O)Nc1cccc(NC(=O)COC(=O)c2cccc(C)c2O)c1. The Kier molecular flexibility index (Phi) is 5.73. The molecule has 2 amide bonds. The van der Waals surface area contributed by atoms with Crippen LogP contribution >= 0.6 is 0 Å². The summed E-state index contributed by atoms with van der Waals surface area (Å²) < 4.78 is 4.91. The molecule has 2 rings (SSSR count). The summed E-state index contributed by atoms with van der Waals surface area (Å²) >= 11 is 0. The maximum atomic E-state index is 11.9. The Hall–Kier alpha value is -3.35. The number of phenols is 1. The van der Waals surface area contributed by atoms with Crippen molar-refractivity contribution in [2.75, 3.05) is 17.2 Å². The van der Waals surface area contributed by atoms with Gasteiger partial charge < -0.3 is 20.5 Å². The van der Waals surface area contributed by atoms with Gasteiger partial charge in [-0.15, -0.1) is 0 Å². The van der Waals surface area contributed by atoms with E-state index >= 15 is 0 Å². The van der Waals surface area contributed by atoms with Crippen LogP contribution in [0.2, 0.25) is 0 Å². The van der Waals surface area contributed by atoms with Gasteiger partial charge in [-0.3, -0.25) is 9.59 Å². The number of anilines is 2. The molecule has 2 aromatic carbocycles. The van der Waals surface area contributed by atoms with Crippen LogP contribution in [0.5, 0.6) is 5.75 Å². The van der Waals surface area contributed by atoms with Crippen LogP contribution in [0.15, 0.2) is 42.5 Å². The van der Waals surface area contributed by atoms with Gasteiger partial charge >= 0.3 is 5.97 Å². The van der Waals surface area contributed by atoms with Crippen molar-refractivity contribution in [1.82, 2.24) is 0 Å². The fourth-order valence-electron chi connectivity index (χ4n) is 2.11. The van der Waals surface area contributed by atoms with Gasteiger partial charge in [0.2, 0.25) is 5.91 Å². The molecular weight excluding hydrogens is 324 g/mol. The number of carbonyl (C=O) groups is 3. The quantitative estimate of drug-likeness (QED) is 0.724. The smallest absolute Gasteiger partial charge is 0.342 e.